The highest BCUT2D eigenvalue weighted by atomic mass is 16.3. The summed E-state index contributed by atoms with van der Waals surface area (Å²) in [5.74, 6) is 1.43. The number of aliphatic hydroxyl groups excluding tert-OH is 2. The smallest absolute Gasteiger partial charge is 0.223 e. The summed E-state index contributed by atoms with van der Waals surface area (Å²) in [6, 6.07) is 1.76. The van der Waals surface area contributed by atoms with Crippen LogP contribution in [0.15, 0.2) is 6.07 Å². The van der Waals surface area contributed by atoms with Crippen molar-refractivity contribution >= 4 is 17.6 Å². The van der Waals surface area contributed by atoms with Crippen LogP contribution in [-0.4, -0.2) is 53.0 Å². The van der Waals surface area contributed by atoms with Gasteiger partial charge >= 0.3 is 0 Å². The molecule has 0 spiro atoms. The van der Waals surface area contributed by atoms with Gasteiger partial charge in [-0.25, -0.2) is 0 Å². The molecule has 7 nitrogen and oxygen atoms in total. The van der Waals surface area contributed by atoms with Crippen molar-refractivity contribution in [1.82, 2.24) is 9.97 Å². The lowest BCUT2D eigenvalue weighted by Gasteiger charge is -2.22. The van der Waals surface area contributed by atoms with Gasteiger partial charge in [0.05, 0.1) is 13.2 Å². The van der Waals surface area contributed by atoms with E-state index in [1.807, 2.05) is 0 Å². The predicted octanol–water partition coefficient (Wildman–Crippen LogP) is -0.328. The van der Waals surface area contributed by atoms with Gasteiger partial charge in [0, 0.05) is 25.7 Å². The molecule has 0 fully saturated rings. The van der Waals surface area contributed by atoms with Crippen LogP contribution in [0.4, 0.5) is 17.6 Å². The number of anilines is 3. The van der Waals surface area contributed by atoms with Crippen molar-refractivity contribution in [3.05, 3.63) is 6.07 Å². The minimum absolute atomic E-state index is 0.0123. The second-order valence-corrected chi connectivity index (χ2v) is 3.83. The lowest BCUT2D eigenvalue weighted by atomic mass is 10.4. The molecule has 18 heavy (non-hydrogen) atoms. The third-order valence-electron chi connectivity index (χ3n) is 2.35. The fourth-order valence-electron chi connectivity index (χ4n) is 1.54. The minimum atomic E-state index is -0.0123. The van der Waals surface area contributed by atoms with Crippen LogP contribution in [0.2, 0.25) is 0 Å². The maximum atomic E-state index is 8.99. The quantitative estimate of drug-likeness (QED) is 0.504. The summed E-state index contributed by atoms with van der Waals surface area (Å²) in [4.78, 5) is 9.95. The number of hydrogen-bond donors (Lipinski definition) is 4. The van der Waals surface area contributed by atoms with Crippen LogP contribution in [0.3, 0.4) is 0 Å². The number of nitrogen functional groups attached to an aromatic ring is 1. The largest absolute Gasteiger partial charge is 0.395 e. The summed E-state index contributed by atoms with van der Waals surface area (Å²) in [6.07, 6.45) is 0.982. The van der Waals surface area contributed by atoms with Crippen LogP contribution in [-0.2, 0) is 0 Å². The molecule has 7 heteroatoms. The molecule has 102 valence electrons. The SMILES string of the molecule is CCCNc1cc(N(CCO)CCO)nc(N)n1. The molecule has 0 saturated heterocycles. The molecule has 0 aliphatic carbocycles. The van der Waals surface area contributed by atoms with Gasteiger partial charge in [-0.1, -0.05) is 6.92 Å². The summed E-state index contributed by atoms with van der Waals surface area (Å²) in [6.45, 7) is 3.62. The Morgan fingerprint density at radius 3 is 2.50 bits per heavy atom. The van der Waals surface area contributed by atoms with Gasteiger partial charge in [-0.3, -0.25) is 0 Å². The van der Waals surface area contributed by atoms with E-state index in [0.29, 0.717) is 24.7 Å². The summed E-state index contributed by atoms with van der Waals surface area (Å²) >= 11 is 0. The Hall–Kier alpha value is -1.60. The maximum Gasteiger partial charge on any atom is 0.223 e. The molecule has 0 aliphatic heterocycles. The topological polar surface area (TPSA) is 108 Å². The lowest BCUT2D eigenvalue weighted by molar-refractivity contribution is 0.280. The van der Waals surface area contributed by atoms with Gasteiger partial charge in [-0.15, -0.1) is 0 Å². The van der Waals surface area contributed by atoms with E-state index in [9.17, 15) is 0 Å². The van der Waals surface area contributed by atoms with E-state index in [2.05, 4.69) is 22.2 Å². The first-order chi connectivity index (χ1) is 8.71. The molecule has 0 atom stereocenters. The molecule has 0 amide bonds. The molecule has 0 aliphatic rings. The Labute approximate surface area is 107 Å². The molecule has 0 bridgehead atoms. The predicted molar refractivity (Wildman–Crippen MR) is 71.6 cm³/mol. The van der Waals surface area contributed by atoms with E-state index in [1.165, 1.54) is 0 Å². The first kappa shape index (κ1) is 14.5. The first-order valence-corrected chi connectivity index (χ1v) is 6.06. The monoisotopic (exact) mass is 255 g/mol. The van der Waals surface area contributed by atoms with Gasteiger partial charge in [0.25, 0.3) is 0 Å². The Morgan fingerprint density at radius 2 is 1.94 bits per heavy atom. The summed E-state index contributed by atoms with van der Waals surface area (Å²) < 4.78 is 0. The average molecular weight is 255 g/mol. The number of nitrogens with one attached hydrogen (secondary N) is 1. The lowest BCUT2D eigenvalue weighted by Crippen LogP contribution is -2.30. The highest BCUT2D eigenvalue weighted by Gasteiger charge is 2.09. The van der Waals surface area contributed by atoms with Crippen LogP contribution < -0.4 is 16.0 Å². The van der Waals surface area contributed by atoms with Crippen LogP contribution in [0.25, 0.3) is 0 Å². The Kier molecular flexibility index (Phi) is 6.16. The number of aromatic nitrogens is 2. The Bertz CT molecular complexity index is 355. The molecule has 1 aromatic heterocycles. The van der Waals surface area contributed by atoms with E-state index in [4.69, 9.17) is 15.9 Å². The van der Waals surface area contributed by atoms with E-state index in [-0.39, 0.29) is 19.2 Å². The molecule has 0 aromatic carbocycles. The van der Waals surface area contributed by atoms with Crippen molar-refractivity contribution in [3.8, 4) is 0 Å². The van der Waals surface area contributed by atoms with Gasteiger partial charge in [0.1, 0.15) is 11.6 Å². The van der Waals surface area contributed by atoms with Gasteiger partial charge in [-0.05, 0) is 6.42 Å². The number of rotatable bonds is 8. The molecule has 0 radical (unpaired) electrons. The van der Waals surface area contributed by atoms with Gasteiger partial charge in [0.15, 0.2) is 0 Å². The van der Waals surface area contributed by atoms with Crippen LogP contribution in [0.5, 0.6) is 0 Å². The molecule has 1 rings (SSSR count). The molecule has 0 saturated carbocycles. The van der Waals surface area contributed by atoms with Crippen molar-refractivity contribution in [2.75, 3.05) is 48.8 Å². The highest BCUT2D eigenvalue weighted by molar-refractivity contribution is 5.52. The van der Waals surface area contributed by atoms with Gasteiger partial charge < -0.3 is 26.2 Å². The Morgan fingerprint density at radius 1 is 1.28 bits per heavy atom. The number of nitrogens with two attached hydrogens (primary N) is 1. The second kappa shape index (κ2) is 7.67. The molecule has 5 N–H and O–H groups in total. The zero-order valence-corrected chi connectivity index (χ0v) is 10.6. The minimum Gasteiger partial charge on any atom is -0.395 e. The van der Waals surface area contributed by atoms with E-state index < -0.39 is 0 Å². The summed E-state index contributed by atoms with van der Waals surface area (Å²) in [5, 5.41) is 21.1. The highest BCUT2D eigenvalue weighted by Crippen LogP contribution is 2.16. The number of nitrogens with zero attached hydrogens (tertiary/aromatic N) is 3. The first-order valence-electron chi connectivity index (χ1n) is 6.06. The zero-order valence-electron chi connectivity index (χ0n) is 10.6. The standard InChI is InChI=1S/C11H21N5O2/c1-2-3-13-9-8-10(15-11(12)14-9)16(4-6-17)5-7-18/h8,17-18H,2-7H2,1H3,(H3,12,13,14,15). The van der Waals surface area contributed by atoms with Crippen molar-refractivity contribution in [1.29, 1.82) is 0 Å². The zero-order chi connectivity index (χ0) is 13.4. The normalized spacial score (nSPS) is 10.4. The van der Waals surface area contributed by atoms with Crippen molar-refractivity contribution in [3.63, 3.8) is 0 Å². The average Bonchev–Trinajstić information content (AvgIpc) is 2.35. The van der Waals surface area contributed by atoms with Crippen LogP contribution in [0, 0.1) is 0 Å². The third kappa shape index (κ3) is 4.34. The van der Waals surface area contributed by atoms with E-state index >= 15 is 0 Å². The fourth-order valence-corrected chi connectivity index (χ4v) is 1.54. The van der Waals surface area contributed by atoms with E-state index in [1.54, 1.807) is 11.0 Å². The molecule has 0 unspecified atom stereocenters. The molecule has 1 aromatic rings. The molecule has 1 heterocycles. The molecular formula is C11H21N5O2. The Balaban J connectivity index is 2.87. The van der Waals surface area contributed by atoms with E-state index in [0.717, 1.165) is 13.0 Å². The van der Waals surface area contributed by atoms with Crippen molar-refractivity contribution in [2.45, 2.75) is 13.3 Å². The summed E-state index contributed by atoms with van der Waals surface area (Å²) in [7, 11) is 0. The number of aliphatic hydroxyl groups is 2. The molecular weight excluding hydrogens is 234 g/mol. The van der Waals surface area contributed by atoms with Crippen molar-refractivity contribution in [2.24, 2.45) is 0 Å². The van der Waals surface area contributed by atoms with Gasteiger partial charge in [-0.2, -0.15) is 9.97 Å². The third-order valence-corrected chi connectivity index (χ3v) is 2.35. The van der Waals surface area contributed by atoms with Crippen LogP contribution >= 0.6 is 0 Å². The van der Waals surface area contributed by atoms with Gasteiger partial charge in [0.2, 0.25) is 5.95 Å². The fraction of sp³-hybridized carbons (Fsp3) is 0.636. The van der Waals surface area contributed by atoms with Crippen LogP contribution in [0.1, 0.15) is 13.3 Å². The second-order valence-electron chi connectivity index (χ2n) is 3.83. The maximum absolute atomic E-state index is 8.99. The van der Waals surface area contributed by atoms with Crippen molar-refractivity contribution < 1.29 is 10.2 Å². The summed E-state index contributed by atoms with van der Waals surface area (Å²) in [5.41, 5.74) is 5.65. The number of hydrogen-bond acceptors (Lipinski definition) is 7.